The van der Waals surface area contributed by atoms with E-state index in [0.29, 0.717) is 16.9 Å². The van der Waals surface area contributed by atoms with Crippen LogP contribution in [0.1, 0.15) is 5.56 Å². The molecule has 14 heteroatoms. The van der Waals surface area contributed by atoms with E-state index in [1.165, 1.54) is 97.5 Å². The van der Waals surface area contributed by atoms with E-state index in [4.69, 9.17) is 28.1 Å². The molecule has 0 bridgehead atoms. The van der Waals surface area contributed by atoms with Crippen molar-refractivity contribution >= 4 is 182 Å². The number of benzene rings is 20. The number of para-hydroxylation sites is 4. The Labute approximate surface area is 840 Å². The Kier molecular flexibility index (Phi) is 21.4. The van der Waals surface area contributed by atoms with Gasteiger partial charge in [0, 0.05) is 153 Å². The molecule has 680 valence electrons. The molecular weight excluding hydrogens is 1780 g/mol. The molecule has 8 heterocycles. The summed E-state index contributed by atoms with van der Waals surface area (Å²) in [6.07, 6.45) is 13.1. The van der Waals surface area contributed by atoms with Gasteiger partial charge in [-0.2, -0.15) is 5.26 Å². The maximum atomic E-state index is 9.40. The van der Waals surface area contributed by atoms with Crippen LogP contribution < -0.4 is 14.7 Å². The quantitative estimate of drug-likeness (QED) is 0.0648. The van der Waals surface area contributed by atoms with Crippen molar-refractivity contribution in [1.29, 1.82) is 5.26 Å². The van der Waals surface area contributed by atoms with Gasteiger partial charge in [0.1, 0.15) is 0 Å². The number of nitrogens with zero attached hydrogens (tertiary/aromatic N) is 14. The largest absolute Gasteiger partial charge is 0.310 e. The third-order valence-electron chi connectivity index (χ3n) is 28.2. The zero-order valence-electron chi connectivity index (χ0n) is 78.6. The third-order valence-corrected chi connectivity index (χ3v) is 28.2. The summed E-state index contributed by atoms with van der Waals surface area (Å²) in [4.78, 5) is 37.7. The Bertz CT molecular complexity index is 9870. The summed E-state index contributed by atoms with van der Waals surface area (Å²) >= 11 is 0. The van der Waals surface area contributed by atoms with Crippen molar-refractivity contribution in [3.05, 3.63) is 527 Å². The first-order chi connectivity index (χ1) is 72.3. The summed E-state index contributed by atoms with van der Waals surface area (Å²) in [7, 11) is 0. The smallest absolute Gasteiger partial charge is 0.187 e. The fourth-order valence-electron chi connectivity index (χ4n) is 21.6. The lowest BCUT2D eigenvalue weighted by molar-refractivity contribution is 1.18. The highest BCUT2D eigenvalue weighted by Crippen LogP contribution is 2.51. The Hall–Kier alpha value is -20.5. The van der Waals surface area contributed by atoms with Gasteiger partial charge in [-0.1, -0.05) is 243 Å². The first kappa shape index (κ1) is 85.9. The molecule has 28 aromatic rings. The molecule has 20 aromatic carbocycles. The average molecular weight is 1860 g/mol. The van der Waals surface area contributed by atoms with Gasteiger partial charge in [0.2, 0.25) is 0 Å². The number of nitriles is 1. The fourth-order valence-corrected chi connectivity index (χ4v) is 21.6. The molecule has 28 rings (SSSR count). The van der Waals surface area contributed by atoms with E-state index in [0.717, 1.165) is 146 Å². The second kappa shape index (κ2) is 36.4. The first-order valence-electron chi connectivity index (χ1n) is 48.5. The minimum Gasteiger partial charge on any atom is -0.310 e. The fraction of sp³-hybridized carbons (Fsp3) is 0. The predicted octanol–water partition coefficient (Wildman–Crippen LogP) is 35.1. The van der Waals surface area contributed by atoms with Gasteiger partial charge in [-0.05, 0) is 267 Å². The van der Waals surface area contributed by atoms with E-state index < -0.39 is 0 Å². The molecule has 0 aliphatic heterocycles. The van der Waals surface area contributed by atoms with Crippen LogP contribution >= 0.6 is 0 Å². The van der Waals surface area contributed by atoms with Crippen molar-refractivity contribution in [2.75, 3.05) is 14.7 Å². The molecule has 0 spiro atoms. The molecule has 8 aromatic heterocycles. The maximum absolute atomic E-state index is 9.40. The van der Waals surface area contributed by atoms with Gasteiger partial charge in [0.15, 0.2) is 11.4 Å². The van der Waals surface area contributed by atoms with Gasteiger partial charge in [0.25, 0.3) is 0 Å². The Morgan fingerprint density at radius 1 is 0.240 bits per heavy atom. The molecule has 0 saturated heterocycles. The van der Waals surface area contributed by atoms with Crippen LogP contribution in [0.15, 0.2) is 498 Å². The highest BCUT2D eigenvalue weighted by Gasteiger charge is 2.28. The number of anilines is 9. The summed E-state index contributed by atoms with van der Waals surface area (Å²) in [5.41, 5.74) is 32.6. The van der Waals surface area contributed by atoms with E-state index in [9.17, 15) is 5.26 Å². The van der Waals surface area contributed by atoms with Gasteiger partial charge >= 0.3 is 0 Å². The number of hydrogen-bond donors (Lipinski definition) is 0. The van der Waals surface area contributed by atoms with Crippen molar-refractivity contribution in [2.24, 2.45) is 0 Å². The average Bonchev–Trinajstić information content (AvgIpc) is 1.56. The number of rotatable bonds is 17. The van der Waals surface area contributed by atoms with Crippen LogP contribution in [0.5, 0.6) is 0 Å². The molecule has 0 fully saturated rings. The van der Waals surface area contributed by atoms with Crippen LogP contribution in [0.3, 0.4) is 0 Å². The number of fused-ring (bicyclic) bond motifs is 2. The van der Waals surface area contributed by atoms with E-state index in [1.54, 1.807) is 12.4 Å². The molecule has 0 saturated carbocycles. The standard InChI is InChI=1S/C48H30N6.2C42H26N4/c1-49-37-15-17-39(18-16-37)53(41-27-35(33-9-6-24-50-29-33)26-36(28-41)34-10-7-25-51-30-34)40-19-22-44(52-31-40)42-21-23-46-48-43(42)20-14-32-8-5-13-45(47(32)48)54(46)38-11-3-2-4-12-38;1-43-31-16-19-33(20-17-31)45(34-18-14-28-8-5-6-9-30(28)26-34)35-21-24-38(44-27-35)36-23-25-40-42-37(36)22-15-29-10-7-13-39(41(29)42)46(40)32-11-3-2-4-12-32;43-27-28-14-19-34(20-15-28)46-38-13-5-7-30-18-23-36-37(24-25-39(46)41(36)40(30)38)45(32-10-2-1-3-11-32)33-21-16-29(17-22-33)35-12-4-8-31-9-6-26-44-42(31)35/h2-31H;2-27H;1-26H. The number of aromatic nitrogens is 8. The highest BCUT2D eigenvalue weighted by molar-refractivity contribution is 6.30. The zero-order valence-corrected chi connectivity index (χ0v) is 78.6. The SMILES string of the molecule is N#Cc1ccc(-n2c3cccc4ccc5c(N(c6ccccc6)c6ccc(-c7cccc8cccnc78)cc6)ccc2c5c43)cc1.[C-]#[N+]c1ccc(N(c2ccc(-c3ccc4c5c3ccc3cccc(c35)n4-c3ccccc3)nc2)c2cc(-c3cccnc3)cc(-c3cccnc3)c2)cc1.[C-]#[N+]c1ccc(N(c2ccc(-c3ccc4c5c3ccc3cccc(c35)n4-c3ccccc3)nc2)c2ccc3ccccc3c2)cc1. The van der Waals surface area contributed by atoms with Crippen LogP contribution in [0.4, 0.5) is 62.6 Å². The molecule has 0 aliphatic carbocycles. The lowest BCUT2D eigenvalue weighted by atomic mass is 9.96. The van der Waals surface area contributed by atoms with Crippen LogP contribution in [-0.2, 0) is 0 Å². The Balaban J connectivity index is 0.000000112. The summed E-state index contributed by atoms with van der Waals surface area (Å²) in [6.45, 7) is 15.0. The second-order valence-corrected chi connectivity index (χ2v) is 36.4. The van der Waals surface area contributed by atoms with Crippen LogP contribution in [-0.4, -0.2) is 38.6 Å². The molecule has 0 N–H and O–H groups in total. The normalized spacial score (nSPS) is 11.4. The minimum absolute atomic E-state index is 0.585. The zero-order chi connectivity index (χ0) is 97.2. The van der Waals surface area contributed by atoms with Crippen molar-refractivity contribution in [3.8, 4) is 79.0 Å². The van der Waals surface area contributed by atoms with Gasteiger partial charge in [-0.3, -0.25) is 24.9 Å². The lowest BCUT2D eigenvalue weighted by Crippen LogP contribution is -2.10. The molecule has 0 aliphatic rings. The van der Waals surface area contributed by atoms with Crippen LogP contribution in [0.2, 0.25) is 0 Å². The molecule has 0 atom stereocenters. The molecule has 0 unspecified atom stereocenters. The lowest BCUT2D eigenvalue weighted by Gasteiger charge is -2.27. The van der Waals surface area contributed by atoms with Crippen molar-refractivity contribution in [1.82, 2.24) is 38.6 Å². The molecule has 146 heavy (non-hydrogen) atoms. The van der Waals surface area contributed by atoms with E-state index >= 15 is 0 Å². The third kappa shape index (κ3) is 15.1. The van der Waals surface area contributed by atoms with Crippen molar-refractivity contribution < 1.29 is 0 Å². The summed E-state index contributed by atoms with van der Waals surface area (Å²) in [5, 5.41) is 27.6. The monoisotopic (exact) mass is 1860 g/mol. The minimum atomic E-state index is 0.585. The molecule has 0 amide bonds. The Morgan fingerprint density at radius 2 is 0.651 bits per heavy atom. The summed E-state index contributed by atoms with van der Waals surface area (Å²) < 4.78 is 7.04. The maximum Gasteiger partial charge on any atom is 0.187 e. The van der Waals surface area contributed by atoms with Gasteiger partial charge in [-0.25, -0.2) is 9.69 Å². The first-order valence-corrected chi connectivity index (χ1v) is 48.5. The van der Waals surface area contributed by atoms with Crippen LogP contribution in [0.25, 0.3) is 202 Å². The molecule has 0 radical (unpaired) electrons. The van der Waals surface area contributed by atoms with E-state index in [1.807, 2.05) is 122 Å². The topological polar surface area (TPSA) is 121 Å². The van der Waals surface area contributed by atoms with Crippen molar-refractivity contribution in [2.45, 2.75) is 0 Å². The van der Waals surface area contributed by atoms with Gasteiger partial charge in [-0.15, -0.1) is 0 Å². The van der Waals surface area contributed by atoms with E-state index in [-0.39, 0.29) is 0 Å². The summed E-state index contributed by atoms with van der Waals surface area (Å²) in [6, 6.07) is 161. The Morgan fingerprint density at radius 3 is 1.16 bits per heavy atom. The molecular formula is C132H82N14. The molecule has 14 nitrogen and oxygen atoms in total. The second-order valence-electron chi connectivity index (χ2n) is 36.4. The van der Waals surface area contributed by atoms with Crippen molar-refractivity contribution in [3.63, 3.8) is 0 Å². The highest BCUT2D eigenvalue weighted by atomic mass is 15.2. The number of pyridine rings is 5. The van der Waals surface area contributed by atoms with Gasteiger partial charge < -0.3 is 28.4 Å². The predicted molar refractivity (Wildman–Crippen MR) is 601 cm³/mol. The van der Waals surface area contributed by atoms with Gasteiger partial charge in [0.05, 0.1) is 104 Å². The number of hydrogen-bond acceptors (Lipinski definition) is 9. The summed E-state index contributed by atoms with van der Waals surface area (Å²) in [5.74, 6) is 0. The van der Waals surface area contributed by atoms with Crippen LogP contribution in [0, 0.1) is 24.5 Å². The van der Waals surface area contributed by atoms with E-state index in [2.05, 4.69) is 418 Å².